The third kappa shape index (κ3) is 4.31. The Labute approximate surface area is 179 Å². The maximum Gasteiger partial charge on any atom is 0.268 e. The van der Waals surface area contributed by atoms with Crippen LogP contribution in [0.25, 0.3) is 0 Å². The van der Waals surface area contributed by atoms with Crippen LogP contribution >= 0.6 is 11.3 Å². The number of hydrogen-bond donors (Lipinski definition) is 1. The number of carbonyl (C=O) groups excluding carboxylic acids is 1. The van der Waals surface area contributed by atoms with E-state index >= 15 is 0 Å². The van der Waals surface area contributed by atoms with Crippen LogP contribution in [-0.2, 0) is 21.2 Å². The van der Waals surface area contributed by atoms with E-state index in [0.29, 0.717) is 29.5 Å². The van der Waals surface area contributed by atoms with Crippen LogP contribution < -0.4 is 14.4 Å². The zero-order valence-corrected chi connectivity index (χ0v) is 17.9. The van der Waals surface area contributed by atoms with Crippen molar-refractivity contribution < 1.29 is 17.9 Å². The van der Waals surface area contributed by atoms with Crippen LogP contribution in [0.1, 0.15) is 18.9 Å². The zero-order chi connectivity index (χ0) is 21.1. The average molecular weight is 444 g/mol. The predicted molar refractivity (Wildman–Crippen MR) is 117 cm³/mol. The van der Waals surface area contributed by atoms with E-state index in [4.69, 9.17) is 4.74 Å². The zero-order valence-electron chi connectivity index (χ0n) is 16.3. The number of rotatable bonds is 7. The molecular weight excluding hydrogens is 422 g/mol. The summed E-state index contributed by atoms with van der Waals surface area (Å²) in [6.07, 6.45) is 2.45. The molecule has 1 fully saturated rings. The van der Waals surface area contributed by atoms with Gasteiger partial charge in [0.2, 0.25) is 0 Å². The highest BCUT2D eigenvalue weighted by molar-refractivity contribution is 7.93. The minimum absolute atomic E-state index is 0.109. The minimum Gasteiger partial charge on any atom is -0.481 e. The molecule has 1 atom stereocenters. The number of nitrogens with zero attached hydrogens (tertiary/aromatic N) is 2. The lowest BCUT2D eigenvalue weighted by atomic mass is 10.1. The Morgan fingerprint density at radius 2 is 2.03 bits per heavy atom. The molecule has 9 heteroatoms. The number of hydrogen-bond acceptors (Lipinski definition) is 6. The summed E-state index contributed by atoms with van der Waals surface area (Å²) in [4.78, 5) is 18.5. The minimum atomic E-state index is -3.73. The Balaban J connectivity index is 1.45. The van der Waals surface area contributed by atoms with Crippen LogP contribution in [-0.4, -0.2) is 32.0 Å². The standard InChI is InChI=1S/C21H21N3O4S2/c1-2-15-4-3-5-17(14-15)28-19-10-12-24(20(19)25)16-6-8-18(9-7-16)30(26,27)23-21-22-11-13-29-21/h3-9,11,13-14,19H,2,10,12H2,1H3,(H,22,23). The first-order chi connectivity index (χ1) is 14.5. The van der Waals surface area contributed by atoms with E-state index in [1.807, 2.05) is 24.3 Å². The highest BCUT2D eigenvalue weighted by atomic mass is 32.2. The topological polar surface area (TPSA) is 88.6 Å². The summed E-state index contributed by atoms with van der Waals surface area (Å²) in [5.74, 6) is 0.553. The molecule has 30 heavy (non-hydrogen) atoms. The molecule has 2 aromatic carbocycles. The molecule has 0 spiro atoms. The van der Waals surface area contributed by atoms with Gasteiger partial charge in [0.25, 0.3) is 15.9 Å². The predicted octanol–water partition coefficient (Wildman–Crippen LogP) is 3.69. The normalized spacial score (nSPS) is 16.6. The van der Waals surface area contributed by atoms with E-state index in [1.165, 1.54) is 29.7 Å². The van der Waals surface area contributed by atoms with Crippen molar-refractivity contribution in [3.8, 4) is 5.75 Å². The highest BCUT2D eigenvalue weighted by Gasteiger charge is 2.34. The molecule has 1 aliphatic rings. The van der Waals surface area contributed by atoms with Crippen LogP contribution in [0.3, 0.4) is 0 Å². The number of aromatic nitrogens is 1. The molecule has 1 unspecified atom stereocenters. The summed E-state index contributed by atoms with van der Waals surface area (Å²) in [5.41, 5.74) is 1.79. The molecule has 1 aromatic heterocycles. The third-order valence-electron chi connectivity index (χ3n) is 4.85. The van der Waals surface area contributed by atoms with E-state index in [9.17, 15) is 13.2 Å². The van der Waals surface area contributed by atoms with Crippen molar-refractivity contribution in [3.63, 3.8) is 0 Å². The molecule has 1 aliphatic heterocycles. The molecule has 7 nitrogen and oxygen atoms in total. The summed E-state index contributed by atoms with van der Waals surface area (Å²) in [6.45, 7) is 2.58. The van der Waals surface area contributed by atoms with Gasteiger partial charge in [0.15, 0.2) is 11.2 Å². The quantitative estimate of drug-likeness (QED) is 0.602. The van der Waals surface area contributed by atoms with Crippen molar-refractivity contribution in [2.75, 3.05) is 16.2 Å². The SMILES string of the molecule is CCc1cccc(OC2CCN(c3ccc(S(=O)(=O)Nc4nccs4)cc3)C2=O)c1. The number of amides is 1. The van der Waals surface area contributed by atoms with Gasteiger partial charge in [0.1, 0.15) is 5.75 Å². The van der Waals surface area contributed by atoms with Crippen molar-refractivity contribution in [1.82, 2.24) is 4.98 Å². The Bertz CT molecular complexity index is 1130. The fourth-order valence-corrected chi connectivity index (χ4v) is 5.06. The lowest BCUT2D eigenvalue weighted by Crippen LogP contribution is -2.32. The van der Waals surface area contributed by atoms with Gasteiger partial charge in [-0.2, -0.15) is 0 Å². The number of thiazole rings is 1. The molecular formula is C21H21N3O4S2. The number of carbonyl (C=O) groups is 1. The average Bonchev–Trinajstić information content (AvgIpc) is 3.38. The Kier molecular flexibility index (Phi) is 5.74. The molecule has 0 radical (unpaired) electrons. The van der Waals surface area contributed by atoms with Gasteiger partial charge in [-0.15, -0.1) is 11.3 Å². The summed E-state index contributed by atoms with van der Waals surface area (Å²) in [7, 11) is -3.73. The van der Waals surface area contributed by atoms with Gasteiger partial charge < -0.3 is 9.64 Å². The van der Waals surface area contributed by atoms with E-state index in [1.54, 1.807) is 22.4 Å². The number of anilines is 2. The third-order valence-corrected chi connectivity index (χ3v) is 7.03. The molecule has 4 rings (SSSR count). The highest BCUT2D eigenvalue weighted by Crippen LogP contribution is 2.27. The molecule has 1 amide bonds. The molecule has 0 bridgehead atoms. The number of ether oxygens (including phenoxy) is 1. The van der Waals surface area contributed by atoms with E-state index in [-0.39, 0.29) is 10.8 Å². The lowest BCUT2D eigenvalue weighted by molar-refractivity contribution is -0.122. The van der Waals surface area contributed by atoms with Crippen molar-refractivity contribution in [3.05, 3.63) is 65.7 Å². The second-order valence-corrected chi connectivity index (χ2v) is 9.40. The van der Waals surface area contributed by atoms with Crippen molar-refractivity contribution in [1.29, 1.82) is 0 Å². The summed E-state index contributed by atoms with van der Waals surface area (Å²) < 4.78 is 33.3. The van der Waals surface area contributed by atoms with Crippen LogP contribution in [0.15, 0.2) is 65.0 Å². The van der Waals surface area contributed by atoms with Crippen molar-refractivity contribution in [2.24, 2.45) is 0 Å². The number of aryl methyl sites for hydroxylation is 1. The second kappa shape index (κ2) is 8.45. The van der Waals surface area contributed by atoms with Gasteiger partial charge >= 0.3 is 0 Å². The van der Waals surface area contributed by atoms with Gasteiger partial charge in [-0.1, -0.05) is 19.1 Å². The van der Waals surface area contributed by atoms with Crippen molar-refractivity contribution >= 4 is 38.1 Å². The van der Waals surface area contributed by atoms with Crippen LogP contribution in [0.5, 0.6) is 5.75 Å². The maximum absolute atomic E-state index is 12.8. The first-order valence-corrected chi connectivity index (χ1v) is 11.9. The number of sulfonamides is 1. The van der Waals surface area contributed by atoms with E-state index < -0.39 is 16.1 Å². The van der Waals surface area contributed by atoms with Crippen LogP contribution in [0, 0.1) is 0 Å². The first-order valence-electron chi connectivity index (χ1n) is 9.55. The van der Waals surface area contributed by atoms with Crippen LogP contribution in [0.2, 0.25) is 0 Å². The largest absolute Gasteiger partial charge is 0.481 e. The monoisotopic (exact) mass is 443 g/mol. The molecule has 0 saturated carbocycles. The van der Waals surface area contributed by atoms with Gasteiger partial charge in [0, 0.05) is 30.2 Å². The smallest absolute Gasteiger partial charge is 0.268 e. The van der Waals surface area contributed by atoms with E-state index in [0.717, 1.165) is 12.0 Å². The molecule has 1 saturated heterocycles. The van der Waals surface area contributed by atoms with Gasteiger partial charge in [-0.3, -0.25) is 9.52 Å². The number of benzene rings is 2. The molecule has 2 heterocycles. The first kappa shape index (κ1) is 20.4. The van der Waals surface area contributed by atoms with Gasteiger partial charge in [0.05, 0.1) is 4.90 Å². The van der Waals surface area contributed by atoms with Crippen LogP contribution in [0.4, 0.5) is 10.8 Å². The summed E-state index contributed by atoms with van der Waals surface area (Å²) in [5, 5.41) is 2.00. The fraction of sp³-hybridized carbons (Fsp3) is 0.238. The lowest BCUT2D eigenvalue weighted by Gasteiger charge is -2.18. The summed E-state index contributed by atoms with van der Waals surface area (Å²) >= 11 is 1.20. The second-order valence-electron chi connectivity index (χ2n) is 6.82. The molecule has 3 aromatic rings. The number of nitrogens with one attached hydrogen (secondary N) is 1. The molecule has 156 valence electrons. The van der Waals surface area contributed by atoms with Gasteiger partial charge in [-0.05, 0) is 48.4 Å². The Hall–Kier alpha value is -2.91. The van der Waals surface area contributed by atoms with Gasteiger partial charge in [-0.25, -0.2) is 13.4 Å². The molecule has 1 N–H and O–H groups in total. The Morgan fingerprint density at radius 1 is 1.23 bits per heavy atom. The van der Waals surface area contributed by atoms with Crippen molar-refractivity contribution in [2.45, 2.75) is 30.8 Å². The maximum atomic E-state index is 12.8. The van der Waals surface area contributed by atoms with E-state index in [2.05, 4.69) is 16.6 Å². The molecule has 0 aliphatic carbocycles. The fourth-order valence-electron chi connectivity index (χ4n) is 3.28. The Morgan fingerprint density at radius 3 is 2.73 bits per heavy atom. The summed E-state index contributed by atoms with van der Waals surface area (Å²) in [6, 6.07) is 14.0.